The first-order valence-corrected chi connectivity index (χ1v) is 7.45. The van der Waals surface area contributed by atoms with E-state index in [2.05, 4.69) is 10.3 Å². The minimum Gasteiger partial charge on any atom is -0.298 e. The number of nitrogens with zero attached hydrogens (tertiary/aromatic N) is 1. The molecular weight excluding hydrogens is 280 g/mol. The maximum absolute atomic E-state index is 12.1. The van der Waals surface area contributed by atoms with Crippen LogP contribution >= 0.6 is 11.3 Å². The van der Waals surface area contributed by atoms with Gasteiger partial charge in [-0.1, -0.05) is 59.9 Å². The van der Waals surface area contributed by atoms with Gasteiger partial charge < -0.3 is 0 Å². The number of hydrogen-bond acceptors (Lipinski definition) is 3. The molecule has 1 aromatic heterocycles. The summed E-state index contributed by atoms with van der Waals surface area (Å²) in [6.07, 6.45) is 0. The first-order chi connectivity index (χ1) is 10.2. The summed E-state index contributed by atoms with van der Waals surface area (Å²) in [4.78, 5) is 17.6. The highest BCUT2D eigenvalue weighted by Crippen LogP contribution is 2.32. The smallest absolute Gasteiger partial charge is 0.257 e. The van der Waals surface area contributed by atoms with Crippen molar-refractivity contribution in [1.82, 2.24) is 4.98 Å². The van der Waals surface area contributed by atoms with Crippen molar-refractivity contribution in [2.24, 2.45) is 0 Å². The molecule has 1 N–H and O–H groups in total. The summed E-state index contributed by atoms with van der Waals surface area (Å²) in [6.45, 7) is 1.96. The molecule has 0 aliphatic rings. The van der Waals surface area contributed by atoms with E-state index < -0.39 is 0 Å². The number of thiazole rings is 1. The number of anilines is 1. The predicted octanol–water partition coefficient (Wildman–Crippen LogP) is 4.37. The first kappa shape index (κ1) is 13.5. The molecule has 4 heteroatoms. The number of hydrogen-bond donors (Lipinski definition) is 1. The number of carbonyl (C=O) groups excluding carboxylic acids is 1. The molecule has 3 nitrogen and oxygen atoms in total. The van der Waals surface area contributed by atoms with Crippen LogP contribution in [0.2, 0.25) is 0 Å². The molecule has 0 saturated heterocycles. The van der Waals surface area contributed by atoms with Crippen LogP contribution in [0.1, 0.15) is 16.1 Å². The van der Waals surface area contributed by atoms with Crippen molar-refractivity contribution >= 4 is 22.4 Å². The molecule has 3 rings (SSSR count). The largest absolute Gasteiger partial charge is 0.298 e. The second-order valence-electron chi connectivity index (χ2n) is 4.62. The Bertz CT molecular complexity index is 751. The minimum absolute atomic E-state index is 0.135. The van der Waals surface area contributed by atoms with E-state index in [1.807, 2.05) is 55.5 Å². The highest BCUT2D eigenvalue weighted by atomic mass is 32.1. The van der Waals surface area contributed by atoms with E-state index in [-0.39, 0.29) is 5.91 Å². The zero-order valence-corrected chi connectivity index (χ0v) is 12.4. The lowest BCUT2D eigenvalue weighted by Gasteiger charge is -2.00. The van der Waals surface area contributed by atoms with Gasteiger partial charge in [-0.2, -0.15) is 0 Å². The zero-order valence-electron chi connectivity index (χ0n) is 11.5. The van der Waals surface area contributed by atoms with Gasteiger partial charge in [-0.25, -0.2) is 4.98 Å². The number of nitrogens with one attached hydrogen (secondary N) is 1. The average Bonchev–Trinajstić information content (AvgIpc) is 2.89. The van der Waals surface area contributed by atoms with Crippen molar-refractivity contribution < 1.29 is 4.79 Å². The summed E-state index contributed by atoms with van der Waals surface area (Å²) < 4.78 is 0. The molecule has 0 spiro atoms. The fraction of sp³-hybridized carbons (Fsp3) is 0.0588. The molecule has 104 valence electrons. The van der Waals surface area contributed by atoms with E-state index >= 15 is 0 Å². The van der Waals surface area contributed by atoms with Crippen LogP contribution in [-0.4, -0.2) is 10.9 Å². The molecule has 2 aromatic carbocycles. The van der Waals surface area contributed by atoms with Crippen molar-refractivity contribution in [2.45, 2.75) is 6.92 Å². The van der Waals surface area contributed by atoms with Crippen molar-refractivity contribution in [1.29, 1.82) is 0 Å². The van der Waals surface area contributed by atoms with E-state index in [1.165, 1.54) is 11.3 Å². The lowest BCUT2D eigenvalue weighted by Crippen LogP contribution is -2.11. The van der Waals surface area contributed by atoms with Gasteiger partial charge in [0.1, 0.15) is 0 Å². The molecule has 3 aromatic rings. The van der Waals surface area contributed by atoms with Gasteiger partial charge >= 0.3 is 0 Å². The first-order valence-electron chi connectivity index (χ1n) is 6.63. The third-order valence-electron chi connectivity index (χ3n) is 3.09. The van der Waals surface area contributed by atoms with Crippen LogP contribution < -0.4 is 5.32 Å². The van der Waals surface area contributed by atoms with Gasteiger partial charge in [0.2, 0.25) is 0 Å². The maximum Gasteiger partial charge on any atom is 0.257 e. The summed E-state index contributed by atoms with van der Waals surface area (Å²) in [5.41, 5.74) is 2.67. The summed E-state index contributed by atoms with van der Waals surface area (Å²) in [5, 5.41) is 3.48. The molecule has 0 aliphatic carbocycles. The third kappa shape index (κ3) is 3.01. The predicted molar refractivity (Wildman–Crippen MR) is 86.7 cm³/mol. The Morgan fingerprint density at radius 1 is 1.00 bits per heavy atom. The Hall–Kier alpha value is -2.46. The average molecular weight is 294 g/mol. The number of amides is 1. The van der Waals surface area contributed by atoms with Gasteiger partial charge in [0.25, 0.3) is 5.91 Å². The van der Waals surface area contributed by atoms with Crippen LogP contribution in [0.3, 0.4) is 0 Å². The molecule has 0 radical (unpaired) electrons. The third-order valence-corrected chi connectivity index (χ3v) is 4.21. The standard InChI is InChI=1S/C17H14N2OS/c1-12-15(13-8-4-2-5-9-13)21-17(18-12)19-16(20)14-10-6-3-7-11-14/h2-11H,1H3,(H,18,19,20). The van der Waals surface area contributed by atoms with E-state index in [0.717, 1.165) is 16.1 Å². The van der Waals surface area contributed by atoms with Gasteiger partial charge in [0, 0.05) is 5.56 Å². The van der Waals surface area contributed by atoms with Crippen LogP contribution in [0, 0.1) is 6.92 Å². The van der Waals surface area contributed by atoms with Gasteiger partial charge in [-0.15, -0.1) is 0 Å². The molecule has 0 saturated carbocycles. The van der Waals surface area contributed by atoms with Gasteiger partial charge in [-0.3, -0.25) is 10.1 Å². The molecule has 0 fully saturated rings. The van der Waals surface area contributed by atoms with Crippen molar-refractivity contribution in [3.05, 3.63) is 71.9 Å². The van der Waals surface area contributed by atoms with Gasteiger partial charge in [-0.05, 0) is 24.6 Å². The Balaban J connectivity index is 1.84. The molecule has 0 unspecified atom stereocenters. The van der Waals surface area contributed by atoms with E-state index in [4.69, 9.17) is 0 Å². The Morgan fingerprint density at radius 2 is 1.62 bits per heavy atom. The molecule has 21 heavy (non-hydrogen) atoms. The quantitative estimate of drug-likeness (QED) is 0.779. The number of aromatic nitrogens is 1. The highest BCUT2D eigenvalue weighted by molar-refractivity contribution is 7.19. The fourth-order valence-corrected chi connectivity index (χ4v) is 3.03. The summed E-state index contributed by atoms with van der Waals surface area (Å²) in [5.74, 6) is -0.135. The molecular formula is C17H14N2OS. The van der Waals surface area contributed by atoms with E-state index in [9.17, 15) is 4.79 Å². The monoisotopic (exact) mass is 294 g/mol. The molecule has 1 heterocycles. The Labute approximate surface area is 127 Å². The minimum atomic E-state index is -0.135. The second-order valence-corrected chi connectivity index (χ2v) is 5.62. The number of rotatable bonds is 3. The highest BCUT2D eigenvalue weighted by Gasteiger charge is 2.12. The SMILES string of the molecule is Cc1nc(NC(=O)c2ccccc2)sc1-c1ccccc1. The Morgan fingerprint density at radius 3 is 2.29 bits per heavy atom. The lowest BCUT2D eigenvalue weighted by atomic mass is 10.2. The molecule has 0 atom stereocenters. The zero-order chi connectivity index (χ0) is 14.7. The van der Waals surface area contributed by atoms with Crippen LogP contribution in [-0.2, 0) is 0 Å². The van der Waals surface area contributed by atoms with Crippen LogP contribution in [0.15, 0.2) is 60.7 Å². The maximum atomic E-state index is 12.1. The van der Waals surface area contributed by atoms with E-state index in [0.29, 0.717) is 10.7 Å². The van der Waals surface area contributed by atoms with Crippen molar-refractivity contribution in [3.63, 3.8) is 0 Å². The van der Waals surface area contributed by atoms with Crippen molar-refractivity contribution in [3.8, 4) is 10.4 Å². The molecule has 1 amide bonds. The van der Waals surface area contributed by atoms with Crippen molar-refractivity contribution in [2.75, 3.05) is 5.32 Å². The van der Waals surface area contributed by atoms with Crippen LogP contribution in [0.4, 0.5) is 5.13 Å². The second kappa shape index (κ2) is 5.89. The topological polar surface area (TPSA) is 42.0 Å². The normalized spacial score (nSPS) is 10.3. The summed E-state index contributed by atoms with van der Waals surface area (Å²) in [7, 11) is 0. The fourth-order valence-electron chi connectivity index (χ4n) is 2.07. The summed E-state index contributed by atoms with van der Waals surface area (Å²) in [6, 6.07) is 19.2. The lowest BCUT2D eigenvalue weighted by molar-refractivity contribution is 0.102. The van der Waals surface area contributed by atoms with E-state index in [1.54, 1.807) is 12.1 Å². The number of benzene rings is 2. The van der Waals surface area contributed by atoms with Crippen LogP contribution in [0.5, 0.6) is 0 Å². The molecule has 0 bridgehead atoms. The number of carbonyl (C=O) groups is 1. The summed E-state index contributed by atoms with van der Waals surface area (Å²) >= 11 is 1.49. The molecule has 0 aliphatic heterocycles. The Kier molecular flexibility index (Phi) is 3.79. The van der Waals surface area contributed by atoms with Crippen LogP contribution in [0.25, 0.3) is 10.4 Å². The number of aryl methyl sites for hydroxylation is 1. The van der Waals surface area contributed by atoms with Gasteiger partial charge in [0.15, 0.2) is 5.13 Å². The van der Waals surface area contributed by atoms with Gasteiger partial charge in [0.05, 0.1) is 10.6 Å².